The van der Waals surface area contributed by atoms with Crippen LogP contribution in [0.5, 0.6) is 5.75 Å². The molecule has 39 heavy (non-hydrogen) atoms. The molecular weight excluding hydrogens is 509 g/mol. The van der Waals surface area contributed by atoms with Crippen molar-refractivity contribution in [2.24, 2.45) is 16.3 Å². The van der Waals surface area contributed by atoms with E-state index >= 15 is 0 Å². The van der Waals surface area contributed by atoms with Gasteiger partial charge in [-0.2, -0.15) is 13.2 Å². The molecule has 1 aliphatic carbocycles. The van der Waals surface area contributed by atoms with Crippen LogP contribution in [0.4, 0.5) is 13.2 Å². The molecule has 1 saturated heterocycles. The molecule has 208 valence electrons. The Hall–Kier alpha value is -3.17. The lowest BCUT2D eigenvalue weighted by atomic mass is 9.66. The van der Waals surface area contributed by atoms with Crippen LogP contribution >= 0.6 is 0 Å². The van der Waals surface area contributed by atoms with Crippen molar-refractivity contribution in [3.63, 3.8) is 0 Å². The zero-order chi connectivity index (χ0) is 28.0. The van der Waals surface area contributed by atoms with Crippen molar-refractivity contribution >= 4 is 11.6 Å². The summed E-state index contributed by atoms with van der Waals surface area (Å²) < 4.78 is 56.9. The van der Waals surface area contributed by atoms with Gasteiger partial charge >= 0.3 is 6.18 Å². The Morgan fingerprint density at radius 1 is 1.13 bits per heavy atom. The molecule has 2 aromatic rings. The normalized spacial score (nSPS) is 30.1. The fraction of sp³-hybridized carbons (Fsp3) is 0.467. The maximum Gasteiger partial charge on any atom is 0.416 e. The molecule has 3 aliphatic rings. The number of likely N-dealkylation sites (tertiary alicyclic amines) is 1. The van der Waals surface area contributed by atoms with Gasteiger partial charge < -0.3 is 19.1 Å². The second-order valence-electron chi connectivity index (χ2n) is 10.6. The topological polar surface area (TPSA) is 60.4 Å². The molecule has 0 aromatic heterocycles. The minimum absolute atomic E-state index is 0.0362. The van der Waals surface area contributed by atoms with Gasteiger partial charge in [-0.1, -0.05) is 37.3 Å². The first-order valence-corrected chi connectivity index (χ1v) is 13.1. The van der Waals surface area contributed by atoms with E-state index in [-0.39, 0.29) is 17.7 Å². The summed E-state index contributed by atoms with van der Waals surface area (Å²) in [6, 6.07) is 12.7. The largest absolute Gasteiger partial charge is 0.497 e. The summed E-state index contributed by atoms with van der Waals surface area (Å²) >= 11 is 0. The van der Waals surface area contributed by atoms with Gasteiger partial charge in [0, 0.05) is 25.6 Å². The summed E-state index contributed by atoms with van der Waals surface area (Å²) in [6.07, 6.45) is -2.08. The second kappa shape index (κ2) is 10.1. The van der Waals surface area contributed by atoms with E-state index in [1.54, 1.807) is 25.2 Å². The molecule has 2 heterocycles. The van der Waals surface area contributed by atoms with Crippen LogP contribution in [0.15, 0.2) is 66.2 Å². The number of methoxy groups -OCH3 is 2. The SMILES string of the molecule is C=CC[C@]12C[C@@]3(O[C@H](c4ccc(C(F)(F)F)cc4)N=C3C[C@H](c3ccc(OC)cc3)[C@H]1C)N(CCOC)C2=O. The van der Waals surface area contributed by atoms with E-state index in [0.29, 0.717) is 38.0 Å². The average Bonchev–Trinajstić information content (AvgIpc) is 3.36. The van der Waals surface area contributed by atoms with E-state index < -0.39 is 29.1 Å². The van der Waals surface area contributed by atoms with Crippen molar-refractivity contribution in [3.8, 4) is 5.75 Å². The van der Waals surface area contributed by atoms with Crippen LogP contribution in [0.1, 0.15) is 55.0 Å². The number of ether oxygens (including phenoxy) is 3. The second-order valence-corrected chi connectivity index (χ2v) is 10.6. The number of alkyl halides is 3. The van der Waals surface area contributed by atoms with E-state index in [4.69, 9.17) is 19.2 Å². The van der Waals surface area contributed by atoms with Crippen LogP contribution in [0.25, 0.3) is 0 Å². The number of hydrogen-bond acceptors (Lipinski definition) is 5. The van der Waals surface area contributed by atoms with Crippen LogP contribution in [0.2, 0.25) is 0 Å². The lowest BCUT2D eigenvalue weighted by molar-refractivity contribution is -0.152. The molecular formula is C30H33F3N2O4. The Morgan fingerprint density at radius 3 is 2.38 bits per heavy atom. The van der Waals surface area contributed by atoms with Crippen LogP contribution < -0.4 is 4.74 Å². The monoisotopic (exact) mass is 542 g/mol. The number of carbonyl (C=O) groups is 1. The zero-order valence-corrected chi connectivity index (χ0v) is 22.3. The molecule has 0 N–H and O–H groups in total. The third kappa shape index (κ3) is 4.45. The van der Waals surface area contributed by atoms with Crippen LogP contribution in [0.3, 0.4) is 0 Å². The highest BCUT2D eigenvalue weighted by molar-refractivity contribution is 6.03. The van der Waals surface area contributed by atoms with Gasteiger partial charge in [-0.3, -0.25) is 9.79 Å². The first kappa shape index (κ1) is 27.4. The molecule has 5 atom stereocenters. The van der Waals surface area contributed by atoms with Gasteiger partial charge in [0.2, 0.25) is 5.91 Å². The predicted octanol–water partition coefficient (Wildman–Crippen LogP) is 6.14. The summed E-state index contributed by atoms with van der Waals surface area (Å²) in [5.74, 6) is 0.595. The van der Waals surface area contributed by atoms with Crippen LogP contribution in [-0.2, 0) is 20.4 Å². The summed E-state index contributed by atoms with van der Waals surface area (Å²) in [5, 5.41) is 0. The number of hydrogen-bond donors (Lipinski definition) is 0. The van der Waals surface area contributed by atoms with Gasteiger partial charge in [-0.05, 0) is 54.5 Å². The molecule has 2 aliphatic heterocycles. The third-order valence-corrected chi connectivity index (χ3v) is 8.68. The first-order valence-electron chi connectivity index (χ1n) is 13.1. The van der Waals surface area contributed by atoms with Crippen molar-refractivity contribution in [2.45, 2.75) is 50.2 Å². The maximum atomic E-state index is 14.3. The lowest BCUT2D eigenvalue weighted by Crippen LogP contribution is -2.54. The molecule has 1 amide bonds. The van der Waals surface area contributed by atoms with E-state index in [2.05, 4.69) is 13.5 Å². The number of rotatable bonds is 8. The zero-order valence-electron chi connectivity index (χ0n) is 22.3. The Kier molecular flexibility index (Phi) is 7.09. The average molecular weight is 543 g/mol. The highest BCUT2D eigenvalue weighted by atomic mass is 19.4. The predicted molar refractivity (Wildman–Crippen MR) is 140 cm³/mol. The molecule has 6 nitrogen and oxygen atoms in total. The van der Waals surface area contributed by atoms with E-state index in [9.17, 15) is 18.0 Å². The van der Waals surface area contributed by atoms with Gasteiger partial charge in [-0.15, -0.1) is 6.58 Å². The number of amides is 1. The highest BCUT2D eigenvalue weighted by Gasteiger charge is 2.68. The Labute approximate surface area is 226 Å². The number of carbonyl (C=O) groups excluding carboxylic acids is 1. The minimum Gasteiger partial charge on any atom is -0.497 e. The van der Waals surface area contributed by atoms with Crippen molar-refractivity contribution < 1.29 is 32.2 Å². The molecule has 9 heteroatoms. The van der Waals surface area contributed by atoms with Crippen LogP contribution in [-0.4, -0.2) is 49.6 Å². The number of fused-ring (bicyclic) bond motifs is 1. The summed E-state index contributed by atoms with van der Waals surface area (Å²) in [4.78, 5) is 21.0. The lowest BCUT2D eigenvalue weighted by Gasteiger charge is -2.39. The summed E-state index contributed by atoms with van der Waals surface area (Å²) in [6.45, 7) is 6.71. The summed E-state index contributed by atoms with van der Waals surface area (Å²) in [5.41, 5.74) is -0.333. The summed E-state index contributed by atoms with van der Waals surface area (Å²) in [7, 11) is 3.19. The molecule has 2 fully saturated rings. The van der Waals surface area contributed by atoms with Gasteiger partial charge in [0.25, 0.3) is 0 Å². The van der Waals surface area contributed by atoms with E-state index in [1.807, 2.05) is 24.3 Å². The molecule has 5 rings (SSSR count). The van der Waals surface area contributed by atoms with Crippen molar-refractivity contribution in [3.05, 3.63) is 77.9 Å². The van der Waals surface area contributed by atoms with E-state index in [1.165, 1.54) is 12.1 Å². The number of allylic oxidation sites excluding steroid dienone is 1. The Morgan fingerprint density at radius 2 is 1.79 bits per heavy atom. The quantitative estimate of drug-likeness (QED) is 0.376. The van der Waals surface area contributed by atoms with Gasteiger partial charge in [0.05, 0.1) is 30.4 Å². The van der Waals surface area contributed by atoms with Crippen molar-refractivity contribution in [1.82, 2.24) is 4.90 Å². The standard InChI is InChI=1S/C30H33F3N2O4/c1-5-14-28-18-29(35(27(28)36)15-16-37-3)25(17-24(19(28)2)20-8-12-23(38-4)13-9-20)34-26(39-29)21-6-10-22(11-7-21)30(31,32)33/h5-13,19,24,26H,1,14-18H2,2-4H3/t19-,24+,26-,28+,29+/m1/s1. The smallest absolute Gasteiger partial charge is 0.416 e. The number of halogens is 3. The number of aliphatic imine (C=N–C) groups is 1. The fourth-order valence-corrected chi connectivity index (χ4v) is 6.56. The van der Waals surface area contributed by atoms with Gasteiger partial charge in [0.1, 0.15) is 5.75 Å². The van der Waals surface area contributed by atoms with E-state index in [0.717, 1.165) is 29.2 Å². The number of benzene rings is 2. The fourth-order valence-electron chi connectivity index (χ4n) is 6.56. The maximum absolute atomic E-state index is 14.3. The molecule has 0 radical (unpaired) electrons. The minimum atomic E-state index is -4.44. The highest BCUT2D eigenvalue weighted by Crippen LogP contribution is 2.61. The molecule has 1 saturated carbocycles. The van der Waals surface area contributed by atoms with Gasteiger partial charge in [0.15, 0.2) is 12.0 Å². The van der Waals surface area contributed by atoms with Gasteiger partial charge in [-0.25, -0.2) is 0 Å². The molecule has 1 spiro atoms. The number of nitrogens with zero attached hydrogens (tertiary/aromatic N) is 2. The Bertz CT molecular complexity index is 1260. The van der Waals surface area contributed by atoms with Crippen molar-refractivity contribution in [1.29, 1.82) is 0 Å². The molecule has 0 unspecified atom stereocenters. The van der Waals surface area contributed by atoms with Crippen molar-refractivity contribution in [2.75, 3.05) is 27.4 Å². The molecule has 2 bridgehead atoms. The third-order valence-electron chi connectivity index (χ3n) is 8.68. The Balaban J connectivity index is 1.61. The molecule has 2 aromatic carbocycles. The first-order chi connectivity index (χ1) is 18.6. The van der Waals surface area contributed by atoms with Crippen LogP contribution in [0, 0.1) is 11.3 Å².